The van der Waals surface area contributed by atoms with Gasteiger partial charge in [-0.3, -0.25) is 0 Å². The Bertz CT molecular complexity index is 594. The minimum absolute atomic E-state index is 0.285. The fourth-order valence-corrected chi connectivity index (χ4v) is 4.23. The SMILES string of the molecule is CC(NC1CCc2sc(Cl)cc21)c1cccc(Cl)c1. The molecule has 3 rings (SSSR count). The monoisotopic (exact) mass is 311 g/mol. The maximum atomic E-state index is 6.09. The molecular weight excluding hydrogens is 297 g/mol. The molecule has 0 radical (unpaired) electrons. The van der Waals surface area contributed by atoms with Gasteiger partial charge in [0.05, 0.1) is 4.34 Å². The molecule has 0 bridgehead atoms. The zero-order chi connectivity index (χ0) is 13.4. The molecule has 2 aromatic rings. The summed E-state index contributed by atoms with van der Waals surface area (Å²) < 4.78 is 0.895. The van der Waals surface area contributed by atoms with Crippen molar-refractivity contribution in [3.8, 4) is 0 Å². The number of rotatable bonds is 3. The maximum absolute atomic E-state index is 6.09. The van der Waals surface area contributed by atoms with Gasteiger partial charge in [0.2, 0.25) is 0 Å². The van der Waals surface area contributed by atoms with E-state index in [2.05, 4.69) is 24.4 Å². The summed E-state index contributed by atoms with van der Waals surface area (Å²) in [5.74, 6) is 0. The molecule has 0 saturated heterocycles. The van der Waals surface area contributed by atoms with Gasteiger partial charge in [0, 0.05) is 22.0 Å². The first-order valence-corrected chi connectivity index (χ1v) is 8.00. The summed E-state index contributed by atoms with van der Waals surface area (Å²) in [4.78, 5) is 1.43. The maximum Gasteiger partial charge on any atom is 0.0934 e. The summed E-state index contributed by atoms with van der Waals surface area (Å²) in [5, 5.41) is 4.47. The molecule has 0 fully saturated rings. The summed E-state index contributed by atoms with van der Waals surface area (Å²) >= 11 is 13.8. The molecule has 2 unspecified atom stereocenters. The number of nitrogens with one attached hydrogen (secondary N) is 1. The quantitative estimate of drug-likeness (QED) is 0.801. The molecule has 0 aliphatic heterocycles. The summed E-state index contributed by atoms with van der Waals surface area (Å²) in [7, 11) is 0. The minimum Gasteiger partial charge on any atom is -0.303 e. The Morgan fingerprint density at radius 2 is 2.16 bits per heavy atom. The standard InChI is InChI=1S/C15H15Cl2NS/c1-9(10-3-2-4-11(16)7-10)18-13-5-6-14-12(13)8-15(17)19-14/h2-4,7-9,13,18H,5-6H2,1H3. The topological polar surface area (TPSA) is 12.0 Å². The van der Waals surface area contributed by atoms with Gasteiger partial charge < -0.3 is 5.32 Å². The predicted octanol–water partition coefficient (Wildman–Crippen LogP) is 5.39. The van der Waals surface area contributed by atoms with E-state index in [9.17, 15) is 0 Å². The highest BCUT2D eigenvalue weighted by molar-refractivity contribution is 7.16. The highest BCUT2D eigenvalue weighted by atomic mass is 35.5. The van der Waals surface area contributed by atoms with Crippen LogP contribution in [0.15, 0.2) is 30.3 Å². The Morgan fingerprint density at radius 1 is 1.32 bits per heavy atom. The molecule has 2 atom stereocenters. The number of hydrogen-bond donors (Lipinski definition) is 1. The van der Waals surface area contributed by atoms with Crippen LogP contribution >= 0.6 is 34.5 Å². The fourth-order valence-electron chi connectivity index (χ4n) is 2.68. The largest absolute Gasteiger partial charge is 0.303 e. The van der Waals surface area contributed by atoms with Crippen molar-refractivity contribution < 1.29 is 0 Å². The molecule has 0 amide bonds. The van der Waals surface area contributed by atoms with E-state index in [0.29, 0.717) is 6.04 Å². The number of hydrogen-bond acceptors (Lipinski definition) is 2. The van der Waals surface area contributed by atoms with Crippen LogP contribution in [0.2, 0.25) is 9.36 Å². The van der Waals surface area contributed by atoms with Crippen molar-refractivity contribution in [1.82, 2.24) is 5.32 Å². The normalized spacial score (nSPS) is 19.4. The summed E-state index contributed by atoms with van der Waals surface area (Å²) in [6.07, 6.45) is 2.29. The van der Waals surface area contributed by atoms with Crippen LogP contribution < -0.4 is 5.32 Å². The predicted molar refractivity (Wildman–Crippen MR) is 83.4 cm³/mol. The smallest absolute Gasteiger partial charge is 0.0934 e. The molecular formula is C15H15Cl2NS. The van der Waals surface area contributed by atoms with Gasteiger partial charge in [0.25, 0.3) is 0 Å². The first-order valence-electron chi connectivity index (χ1n) is 6.43. The third-order valence-electron chi connectivity index (χ3n) is 3.65. The van der Waals surface area contributed by atoms with Crippen molar-refractivity contribution in [3.63, 3.8) is 0 Å². The summed E-state index contributed by atoms with van der Waals surface area (Å²) in [6, 6.07) is 10.8. The van der Waals surface area contributed by atoms with E-state index < -0.39 is 0 Å². The van der Waals surface area contributed by atoms with Gasteiger partial charge in [-0.2, -0.15) is 0 Å². The lowest BCUT2D eigenvalue weighted by molar-refractivity contribution is 0.465. The van der Waals surface area contributed by atoms with E-state index in [0.717, 1.165) is 22.2 Å². The second kappa shape index (κ2) is 5.45. The number of benzene rings is 1. The second-order valence-corrected chi connectivity index (χ2v) is 7.17. The van der Waals surface area contributed by atoms with Crippen LogP contribution in [-0.4, -0.2) is 0 Å². The molecule has 1 aromatic heterocycles. The van der Waals surface area contributed by atoms with Crippen LogP contribution in [0, 0.1) is 0 Å². The van der Waals surface area contributed by atoms with E-state index in [-0.39, 0.29) is 6.04 Å². The molecule has 1 N–H and O–H groups in total. The first-order chi connectivity index (χ1) is 9.13. The Morgan fingerprint density at radius 3 is 2.95 bits per heavy atom. The van der Waals surface area contributed by atoms with Crippen LogP contribution in [0.25, 0.3) is 0 Å². The Kier molecular flexibility index (Phi) is 3.86. The molecule has 1 aliphatic rings. The van der Waals surface area contributed by atoms with E-state index in [1.165, 1.54) is 16.0 Å². The lowest BCUT2D eigenvalue weighted by Crippen LogP contribution is -2.22. The number of fused-ring (bicyclic) bond motifs is 1. The molecule has 0 spiro atoms. The minimum atomic E-state index is 0.285. The zero-order valence-corrected chi connectivity index (χ0v) is 12.9. The number of aryl methyl sites for hydroxylation is 1. The average molecular weight is 312 g/mol. The molecule has 1 nitrogen and oxygen atoms in total. The molecule has 1 aliphatic carbocycles. The molecule has 1 heterocycles. The Labute approximate surface area is 127 Å². The third kappa shape index (κ3) is 2.82. The molecule has 4 heteroatoms. The van der Waals surface area contributed by atoms with Crippen molar-refractivity contribution in [2.45, 2.75) is 31.8 Å². The van der Waals surface area contributed by atoms with Crippen LogP contribution in [0.1, 0.15) is 41.4 Å². The number of halogens is 2. The van der Waals surface area contributed by atoms with Crippen molar-refractivity contribution in [3.05, 3.63) is 55.7 Å². The van der Waals surface area contributed by atoms with Crippen molar-refractivity contribution in [1.29, 1.82) is 0 Å². The lowest BCUT2D eigenvalue weighted by Gasteiger charge is -2.20. The fraction of sp³-hybridized carbons (Fsp3) is 0.333. The van der Waals surface area contributed by atoms with E-state index in [1.54, 1.807) is 11.3 Å². The van der Waals surface area contributed by atoms with Crippen LogP contribution in [0.4, 0.5) is 0 Å². The van der Waals surface area contributed by atoms with Crippen LogP contribution in [0.5, 0.6) is 0 Å². The average Bonchev–Trinajstić information content (AvgIpc) is 2.90. The summed E-state index contributed by atoms with van der Waals surface area (Å²) in [6.45, 7) is 2.18. The third-order valence-corrected chi connectivity index (χ3v) is 5.22. The number of thiophene rings is 1. The van der Waals surface area contributed by atoms with Crippen molar-refractivity contribution in [2.75, 3.05) is 0 Å². The van der Waals surface area contributed by atoms with Gasteiger partial charge >= 0.3 is 0 Å². The van der Waals surface area contributed by atoms with E-state index in [4.69, 9.17) is 23.2 Å². The van der Waals surface area contributed by atoms with Gasteiger partial charge in [-0.1, -0.05) is 35.3 Å². The second-order valence-electron chi connectivity index (χ2n) is 4.96. The van der Waals surface area contributed by atoms with Crippen LogP contribution in [-0.2, 0) is 6.42 Å². The van der Waals surface area contributed by atoms with Gasteiger partial charge in [0.1, 0.15) is 0 Å². The van der Waals surface area contributed by atoms with Crippen LogP contribution in [0.3, 0.4) is 0 Å². The molecule has 100 valence electrons. The Balaban J connectivity index is 1.75. The first kappa shape index (κ1) is 13.4. The van der Waals surface area contributed by atoms with Gasteiger partial charge in [0.15, 0.2) is 0 Å². The van der Waals surface area contributed by atoms with Crippen molar-refractivity contribution >= 4 is 34.5 Å². The molecule has 1 aromatic carbocycles. The Hall–Kier alpha value is -0.540. The van der Waals surface area contributed by atoms with E-state index >= 15 is 0 Å². The highest BCUT2D eigenvalue weighted by Gasteiger charge is 2.26. The summed E-state index contributed by atoms with van der Waals surface area (Å²) in [5.41, 5.74) is 2.60. The van der Waals surface area contributed by atoms with Gasteiger partial charge in [-0.25, -0.2) is 0 Å². The molecule has 0 saturated carbocycles. The lowest BCUT2D eigenvalue weighted by atomic mass is 10.1. The molecule has 19 heavy (non-hydrogen) atoms. The van der Waals surface area contributed by atoms with Gasteiger partial charge in [-0.05, 0) is 49.1 Å². The van der Waals surface area contributed by atoms with Crippen molar-refractivity contribution in [2.24, 2.45) is 0 Å². The zero-order valence-electron chi connectivity index (χ0n) is 10.6. The van der Waals surface area contributed by atoms with Gasteiger partial charge in [-0.15, -0.1) is 11.3 Å². The van der Waals surface area contributed by atoms with E-state index in [1.807, 2.05) is 18.2 Å². The highest BCUT2D eigenvalue weighted by Crippen LogP contribution is 2.40.